The van der Waals surface area contributed by atoms with Gasteiger partial charge in [0.1, 0.15) is 0 Å². The largest absolute Gasteiger partial charge is 0.276 e. The number of rotatable bonds is 8. The topological polar surface area (TPSA) is 117 Å². The summed E-state index contributed by atoms with van der Waals surface area (Å²) in [6, 6.07) is 28.0. The molecule has 5 aromatic carbocycles. The summed E-state index contributed by atoms with van der Waals surface area (Å²) in [6.07, 6.45) is 2.97. The second-order valence-corrected chi connectivity index (χ2v) is 12.6. The third-order valence-corrected chi connectivity index (χ3v) is 8.89. The van der Waals surface area contributed by atoms with Crippen LogP contribution in [0, 0.1) is 13.8 Å². The van der Waals surface area contributed by atoms with Crippen molar-refractivity contribution in [3.05, 3.63) is 119 Å². The summed E-state index contributed by atoms with van der Waals surface area (Å²) >= 11 is 0. The Hall–Kier alpha value is -4.54. The standard InChI is InChI=1S/C30H26N4O4S2/c1-21-11-15-23(16-12-21)39(35,36)33-31-19-29-25-7-3-5-9-27(25)30(28-10-6-4-8-26(28)29)20-32-34-40(37,38)24-17-13-22(2)14-18-24/h3-20,33-34H,1-2H3/b31-19+,32-20+. The van der Waals surface area contributed by atoms with E-state index in [9.17, 15) is 16.8 Å². The molecular weight excluding hydrogens is 544 g/mol. The summed E-state index contributed by atoms with van der Waals surface area (Å²) in [7, 11) is -7.70. The van der Waals surface area contributed by atoms with Gasteiger partial charge in [0, 0.05) is 11.1 Å². The van der Waals surface area contributed by atoms with Gasteiger partial charge in [-0.1, -0.05) is 83.9 Å². The van der Waals surface area contributed by atoms with Crippen LogP contribution in [-0.2, 0) is 20.0 Å². The number of nitrogens with one attached hydrogen (secondary N) is 2. The highest BCUT2D eigenvalue weighted by Gasteiger charge is 2.15. The van der Waals surface area contributed by atoms with Crippen LogP contribution in [0.15, 0.2) is 117 Å². The van der Waals surface area contributed by atoms with Crippen molar-refractivity contribution in [3.8, 4) is 0 Å². The summed E-state index contributed by atoms with van der Waals surface area (Å²) in [5.74, 6) is 0. The maximum absolute atomic E-state index is 12.7. The number of nitrogens with zero attached hydrogens (tertiary/aromatic N) is 2. The van der Waals surface area contributed by atoms with Crippen molar-refractivity contribution in [2.75, 3.05) is 0 Å². The number of benzene rings is 5. The van der Waals surface area contributed by atoms with Crippen molar-refractivity contribution < 1.29 is 16.8 Å². The van der Waals surface area contributed by atoms with Gasteiger partial charge in [0.05, 0.1) is 22.2 Å². The van der Waals surface area contributed by atoms with Gasteiger partial charge in [0.25, 0.3) is 20.0 Å². The Morgan fingerprint density at radius 2 is 0.800 bits per heavy atom. The van der Waals surface area contributed by atoms with Gasteiger partial charge in [-0.25, -0.2) is 9.66 Å². The predicted molar refractivity (Wildman–Crippen MR) is 160 cm³/mol. The monoisotopic (exact) mass is 570 g/mol. The average Bonchev–Trinajstić information content (AvgIpc) is 2.94. The fraction of sp³-hybridized carbons (Fsp3) is 0.0667. The first kappa shape index (κ1) is 27.0. The summed E-state index contributed by atoms with van der Waals surface area (Å²) in [6.45, 7) is 3.76. The second-order valence-electron chi connectivity index (χ2n) is 9.25. The number of sulfonamides is 2. The van der Waals surface area contributed by atoms with Crippen LogP contribution in [-0.4, -0.2) is 29.3 Å². The fourth-order valence-electron chi connectivity index (χ4n) is 4.33. The fourth-order valence-corrected chi connectivity index (χ4v) is 5.92. The van der Waals surface area contributed by atoms with E-state index in [1.165, 1.54) is 36.7 Å². The van der Waals surface area contributed by atoms with E-state index in [-0.39, 0.29) is 9.79 Å². The summed E-state index contributed by atoms with van der Waals surface area (Å²) in [4.78, 5) is 4.82. The smallest absolute Gasteiger partial charge is 0.200 e. The van der Waals surface area contributed by atoms with Gasteiger partial charge in [-0.05, 0) is 59.7 Å². The third kappa shape index (κ3) is 5.58. The zero-order valence-corrected chi connectivity index (χ0v) is 23.4. The van der Waals surface area contributed by atoms with Gasteiger partial charge in [-0.2, -0.15) is 27.0 Å². The highest BCUT2D eigenvalue weighted by atomic mass is 32.2. The molecular formula is C30H26N4O4S2. The zero-order chi connectivity index (χ0) is 28.3. The maximum Gasteiger partial charge on any atom is 0.276 e. The number of hydrogen-bond donors (Lipinski definition) is 2. The molecule has 0 atom stereocenters. The molecule has 8 nitrogen and oxygen atoms in total. The van der Waals surface area contributed by atoms with Gasteiger partial charge in [0.2, 0.25) is 0 Å². The molecule has 202 valence electrons. The van der Waals surface area contributed by atoms with E-state index in [0.717, 1.165) is 32.7 Å². The van der Waals surface area contributed by atoms with Crippen molar-refractivity contribution in [2.45, 2.75) is 23.6 Å². The lowest BCUT2D eigenvalue weighted by molar-refractivity contribution is 0.583. The van der Waals surface area contributed by atoms with E-state index in [4.69, 9.17) is 0 Å². The van der Waals surface area contributed by atoms with E-state index < -0.39 is 20.0 Å². The molecule has 0 amide bonds. The molecule has 0 radical (unpaired) electrons. The summed E-state index contributed by atoms with van der Waals surface area (Å²) in [5.41, 5.74) is 3.31. The van der Waals surface area contributed by atoms with Crippen molar-refractivity contribution in [2.24, 2.45) is 10.2 Å². The van der Waals surface area contributed by atoms with Gasteiger partial charge >= 0.3 is 0 Å². The minimum absolute atomic E-state index is 0.115. The lowest BCUT2D eigenvalue weighted by Crippen LogP contribution is -2.18. The first-order chi connectivity index (χ1) is 19.2. The molecule has 0 saturated heterocycles. The molecule has 5 rings (SSSR count). The Balaban J connectivity index is 1.52. The summed E-state index contributed by atoms with van der Waals surface area (Å²) in [5, 5.41) is 11.4. The van der Waals surface area contributed by atoms with Gasteiger partial charge < -0.3 is 0 Å². The highest BCUT2D eigenvalue weighted by molar-refractivity contribution is 7.89. The number of fused-ring (bicyclic) bond motifs is 2. The van der Waals surface area contributed by atoms with Crippen LogP contribution in [0.1, 0.15) is 22.3 Å². The predicted octanol–water partition coefficient (Wildman–Crippen LogP) is 5.23. The molecule has 10 heteroatoms. The van der Waals surface area contributed by atoms with Crippen molar-refractivity contribution >= 4 is 54.0 Å². The van der Waals surface area contributed by atoms with Crippen LogP contribution in [0.3, 0.4) is 0 Å². The minimum Gasteiger partial charge on any atom is -0.200 e. The lowest BCUT2D eigenvalue weighted by Gasteiger charge is -2.12. The third-order valence-electron chi connectivity index (χ3n) is 6.41. The Morgan fingerprint density at radius 3 is 1.10 bits per heavy atom. The Labute approximate surface area is 233 Å². The molecule has 0 spiro atoms. The van der Waals surface area contributed by atoms with Crippen LogP contribution in [0.25, 0.3) is 21.5 Å². The molecule has 0 bridgehead atoms. The maximum atomic E-state index is 12.7. The molecule has 0 fully saturated rings. The molecule has 0 heterocycles. The van der Waals surface area contributed by atoms with Crippen molar-refractivity contribution in [1.82, 2.24) is 9.66 Å². The van der Waals surface area contributed by atoms with Gasteiger partial charge in [-0.15, -0.1) is 0 Å². The number of hydrazone groups is 2. The van der Waals surface area contributed by atoms with E-state index in [0.29, 0.717) is 11.1 Å². The molecule has 0 aliphatic rings. The van der Waals surface area contributed by atoms with E-state index in [1.54, 1.807) is 24.3 Å². The van der Waals surface area contributed by atoms with E-state index >= 15 is 0 Å². The van der Waals surface area contributed by atoms with E-state index in [1.807, 2.05) is 62.4 Å². The Kier molecular flexibility index (Phi) is 7.38. The molecule has 0 saturated carbocycles. The van der Waals surface area contributed by atoms with Crippen LogP contribution in [0.5, 0.6) is 0 Å². The second kappa shape index (κ2) is 10.9. The number of aryl methyl sites for hydroxylation is 2. The quantitative estimate of drug-likeness (QED) is 0.151. The summed E-state index contributed by atoms with van der Waals surface area (Å²) < 4.78 is 50.9. The van der Waals surface area contributed by atoms with Gasteiger partial charge in [0.15, 0.2) is 0 Å². The van der Waals surface area contributed by atoms with Crippen molar-refractivity contribution in [1.29, 1.82) is 0 Å². The molecule has 0 aromatic heterocycles. The highest BCUT2D eigenvalue weighted by Crippen LogP contribution is 2.31. The molecule has 0 aliphatic carbocycles. The normalized spacial score (nSPS) is 12.4. The SMILES string of the molecule is Cc1ccc(S(=O)(=O)N/N=C/c2c3ccccc3c(/C=N/NS(=O)(=O)c3ccc(C)cc3)c3ccccc23)cc1. The first-order valence-corrected chi connectivity index (χ1v) is 15.3. The van der Waals surface area contributed by atoms with Crippen LogP contribution in [0.2, 0.25) is 0 Å². The van der Waals surface area contributed by atoms with Crippen LogP contribution in [0.4, 0.5) is 0 Å². The molecule has 0 aliphatic heterocycles. The minimum atomic E-state index is -3.85. The molecule has 5 aromatic rings. The van der Waals surface area contributed by atoms with Gasteiger partial charge in [-0.3, -0.25) is 0 Å². The Bertz CT molecular complexity index is 1780. The average molecular weight is 571 g/mol. The van der Waals surface area contributed by atoms with E-state index in [2.05, 4.69) is 19.9 Å². The van der Waals surface area contributed by atoms with Crippen LogP contribution < -0.4 is 9.66 Å². The first-order valence-electron chi connectivity index (χ1n) is 12.3. The van der Waals surface area contributed by atoms with Crippen LogP contribution >= 0.6 is 0 Å². The zero-order valence-electron chi connectivity index (χ0n) is 21.7. The van der Waals surface area contributed by atoms with Crippen molar-refractivity contribution in [3.63, 3.8) is 0 Å². The molecule has 2 N–H and O–H groups in total. The Morgan fingerprint density at radius 1 is 0.500 bits per heavy atom. The molecule has 0 unspecified atom stereocenters. The molecule has 40 heavy (non-hydrogen) atoms. The number of hydrogen-bond acceptors (Lipinski definition) is 6. The lowest BCUT2D eigenvalue weighted by atomic mass is 9.92.